The Morgan fingerprint density at radius 3 is 2.67 bits per heavy atom. The monoisotopic (exact) mass is 348 g/mol. The number of nitrogens with one attached hydrogen (secondary N) is 3. The van der Waals surface area contributed by atoms with Crippen LogP contribution in [0.15, 0.2) is 30.3 Å². The van der Waals surface area contributed by atoms with E-state index in [9.17, 15) is 4.39 Å². The molecule has 3 rings (SSSR count). The van der Waals surface area contributed by atoms with E-state index in [1.807, 2.05) is 0 Å². The van der Waals surface area contributed by atoms with E-state index in [0.29, 0.717) is 12.0 Å². The third kappa shape index (κ3) is 4.59. The van der Waals surface area contributed by atoms with Crippen molar-refractivity contribution in [2.24, 2.45) is 0 Å². The third-order valence-corrected chi connectivity index (χ3v) is 5.35. The zero-order valence-corrected chi connectivity index (χ0v) is 14.8. The summed E-state index contributed by atoms with van der Waals surface area (Å²) in [6.45, 7) is 3.21. The first-order chi connectivity index (χ1) is 11.8. The van der Waals surface area contributed by atoms with Crippen molar-refractivity contribution in [1.29, 1.82) is 0 Å². The number of H-pyrrole nitrogens is 1. The predicted molar refractivity (Wildman–Crippen MR) is 98.0 cm³/mol. The highest BCUT2D eigenvalue weighted by atomic mass is 32.2. The molecule has 1 aliphatic rings. The molecule has 24 heavy (non-hydrogen) atoms. The second-order valence-electron chi connectivity index (χ2n) is 6.38. The zero-order valence-electron chi connectivity index (χ0n) is 14.0. The molecule has 0 spiro atoms. The highest BCUT2D eigenvalue weighted by Gasteiger charge is 2.23. The van der Waals surface area contributed by atoms with Crippen LogP contribution >= 0.6 is 12.1 Å². The number of nitrogens with zero attached hydrogens (tertiary/aromatic N) is 1. The molecule has 1 aromatic carbocycles. The van der Waals surface area contributed by atoms with Gasteiger partial charge in [-0.2, -0.15) is 5.10 Å². The van der Waals surface area contributed by atoms with E-state index >= 15 is 0 Å². The van der Waals surface area contributed by atoms with Gasteiger partial charge in [-0.15, -0.1) is 0 Å². The van der Waals surface area contributed by atoms with Crippen LogP contribution in [0.2, 0.25) is 0 Å². The first kappa shape index (κ1) is 17.5. The summed E-state index contributed by atoms with van der Waals surface area (Å²) in [6, 6.07) is 9.20. The Balaban J connectivity index is 1.51. The molecule has 0 amide bonds. The standard InChI is InChI=1S/C18H25FN4S/c1-2-11-20-24-23-16-9-5-14(6-10-16)18-12-17(21-22-18)13-3-7-15(19)8-4-13/h3-4,7-8,12,14,16,20,23H,2,5-6,9-11H2,1H3,(H,21,22). The molecule has 1 saturated carbocycles. The normalized spacial score (nSPS) is 21.1. The molecule has 6 heteroatoms. The summed E-state index contributed by atoms with van der Waals surface area (Å²) in [7, 11) is 0. The SMILES string of the molecule is CCCNSNC1CCC(c2cc(-c3ccc(F)cc3)n[nH]2)CC1. The molecule has 0 atom stereocenters. The highest BCUT2D eigenvalue weighted by molar-refractivity contribution is 7.95. The quantitative estimate of drug-likeness (QED) is 0.513. The van der Waals surface area contributed by atoms with Crippen molar-refractivity contribution in [3.05, 3.63) is 41.8 Å². The van der Waals surface area contributed by atoms with E-state index < -0.39 is 0 Å². The molecule has 3 N–H and O–H groups in total. The van der Waals surface area contributed by atoms with Crippen LogP contribution < -0.4 is 9.44 Å². The van der Waals surface area contributed by atoms with Gasteiger partial charge in [-0.3, -0.25) is 9.82 Å². The highest BCUT2D eigenvalue weighted by Crippen LogP contribution is 2.33. The van der Waals surface area contributed by atoms with Crippen LogP contribution in [0.25, 0.3) is 11.3 Å². The summed E-state index contributed by atoms with van der Waals surface area (Å²) >= 11 is 1.63. The predicted octanol–water partition coefficient (Wildman–Crippen LogP) is 4.39. The fourth-order valence-electron chi connectivity index (χ4n) is 3.11. The van der Waals surface area contributed by atoms with Crippen molar-refractivity contribution in [3.63, 3.8) is 0 Å². The number of hydrogen-bond acceptors (Lipinski definition) is 4. The molecule has 1 aliphatic carbocycles. The molecule has 0 bridgehead atoms. The lowest BCUT2D eigenvalue weighted by Gasteiger charge is -2.28. The maximum Gasteiger partial charge on any atom is 0.123 e. The van der Waals surface area contributed by atoms with Crippen LogP contribution in [-0.4, -0.2) is 22.8 Å². The minimum absolute atomic E-state index is 0.216. The number of aromatic nitrogens is 2. The molecule has 4 nitrogen and oxygen atoms in total. The van der Waals surface area contributed by atoms with E-state index in [-0.39, 0.29) is 5.82 Å². The van der Waals surface area contributed by atoms with Gasteiger partial charge < -0.3 is 0 Å². The van der Waals surface area contributed by atoms with Gasteiger partial charge >= 0.3 is 0 Å². The molecule has 2 aromatic rings. The Bertz CT molecular complexity index is 620. The summed E-state index contributed by atoms with van der Waals surface area (Å²) in [5, 5.41) is 7.58. The third-order valence-electron chi connectivity index (χ3n) is 4.55. The number of hydrogen-bond donors (Lipinski definition) is 3. The Morgan fingerprint density at radius 2 is 1.96 bits per heavy atom. The van der Waals surface area contributed by atoms with Gasteiger partial charge in [0.2, 0.25) is 0 Å². The van der Waals surface area contributed by atoms with E-state index in [1.165, 1.54) is 30.7 Å². The lowest BCUT2D eigenvalue weighted by molar-refractivity contribution is 0.376. The largest absolute Gasteiger partial charge is 0.282 e. The Labute approximate surface area is 147 Å². The van der Waals surface area contributed by atoms with Crippen molar-refractivity contribution >= 4 is 12.1 Å². The maximum atomic E-state index is 13.0. The maximum absolute atomic E-state index is 13.0. The van der Waals surface area contributed by atoms with Crippen molar-refractivity contribution < 1.29 is 4.39 Å². The van der Waals surface area contributed by atoms with Gasteiger partial charge in [0.25, 0.3) is 0 Å². The second-order valence-corrected chi connectivity index (χ2v) is 7.11. The minimum Gasteiger partial charge on any atom is -0.282 e. The molecule has 0 unspecified atom stereocenters. The molecule has 0 saturated heterocycles. The van der Waals surface area contributed by atoms with E-state index in [1.54, 1.807) is 24.3 Å². The van der Waals surface area contributed by atoms with Crippen LogP contribution in [0.1, 0.15) is 50.6 Å². The van der Waals surface area contributed by atoms with Crippen molar-refractivity contribution in [3.8, 4) is 11.3 Å². The summed E-state index contributed by atoms with van der Waals surface area (Å²) < 4.78 is 19.8. The summed E-state index contributed by atoms with van der Waals surface area (Å²) in [6.07, 6.45) is 5.83. The summed E-state index contributed by atoms with van der Waals surface area (Å²) in [5.41, 5.74) is 3.04. The number of rotatable bonds is 7. The van der Waals surface area contributed by atoms with Crippen LogP contribution in [0.3, 0.4) is 0 Å². The van der Waals surface area contributed by atoms with Crippen molar-refractivity contribution in [2.45, 2.75) is 51.0 Å². The van der Waals surface area contributed by atoms with Gasteiger partial charge in [0, 0.05) is 41.9 Å². The number of halogens is 1. The fourth-order valence-corrected chi connectivity index (χ4v) is 3.91. The van der Waals surface area contributed by atoms with Gasteiger partial charge in [0.1, 0.15) is 5.82 Å². The van der Waals surface area contributed by atoms with E-state index in [0.717, 1.165) is 37.1 Å². The van der Waals surface area contributed by atoms with Gasteiger partial charge in [0.05, 0.1) is 5.69 Å². The molecule has 1 heterocycles. The average molecular weight is 348 g/mol. The molecule has 1 aromatic heterocycles. The lowest BCUT2D eigenvalue weighted by atomic mass is 9.84. The lowest BCUT2D eigenvalue weighted by Crippen LogP contribution is -2.30. The van der Waals surface area contributed by atoms with Gasteiger partial charge in [0.15, 0.2) is 0 Å². The van der Waals surface area contributed by atoms with Crippen LogP contribution in [-0.2, 0) is 0 Å². The number of aromatic amines is 1. The fraction of sp³-hybridized carbons (Fsp3) is 0.500. The average Bonchev–Trinajstić information content (AvgIpc) is 3.10. The Kier molecular flexibility index (Phi) is 6.29. The molecule has 0 radical (unpaired) electrons. The summed E-state index contributed by atoms with van der Waals surface area (Å²) in [5.74, 6) is 0.324. The summed E-state index contributed by atoms with van der Waals surface area (Å²) in [4.78, 5) is 0. The van der Waals surface area contributed by atoms with Gasteiger partial charge in [-0.1, -0.05) is 6.92 Å². The Morgan fingerprint density at radius 1 is 1.21 bits per heavy atom. The minimum atomic E-state index is -0.216. The van der Waals surface area contributed by atoms with E-state index in [2.05, 4.69) is 32.6 Å². The second kappa shape index (κ2) is 8.65. The number of benzene rings is 1. The molecule has 1 fully saturated rings. The molecule has 0 aliphatic heterocycles. The van der Waals surface area contributed by atoms with Crippen molar-refractivity contribution in [1.82, 2.24) is 19.6 Å². The molecule has 130 valence electrons. The molecular weight excluding hydrogens is 323 g/mol. The van der Waals surface area contributed by atoms with Crippen LogP contribution in [0.4, 0.5) is 4.39 Å². The van der Waals surface area contributed by atoms with E-state index in [4.69, 9.17) is 0 Å². The molecular formula is C18H25FN4S. The Hall–Kier alpha value is -1.37. The first-order valence-electron chi connectivity index (χ1n) is 8.71. The van der Waals surface area contributed by atoms with Crippen LogP contribution in [0, 0.1) is 5.82 Å². The van der Waals surface area contributed by atoms with Gasteiger partial charge in [-0.25, -0.2) is 9.11 Å². The zero-order chi connectivity index (χ0) is 16.8. The van der Waals surface area contributed by atoms with Crippen molar-refractivity contribution in [2.75, 3.05) is 6.54 Å². The topological polar surface area (TPSA) is 52.7 Å². The smallest absolute Gasteiger partial charge is 0.123 e. The van der Waals surface area contributed by atoms with Crippen LogP contribution in [0.5, 0.6) is 0 Å². The van der Waals surface area contributed by atoms with Gasteiger partial charge in [-0.05, 0) is 62.4 Å². The first-order valence-corrected chi connectivity index (χ1v) is 9.53.